The van der Waals surface area contributed by atoms with E-state index >= 15 is 0 Å². The molecule has 1 atom stereocenters. The van der Waals surface area contributed by atoms with Crippen LogP contribution in [0.15, 0.2) is 27.5 Å². The molecule has 0 aliphatic rings. The highest BCUT2D eigenvalue weighted by Gasteiger charge is 2.18. The van der Waals surface area contributed by atoms with E-state index in [1.54, 1.807) is 6.26 Å². The molecule has 5 nitrogen and oxygen atoms in total. The zero-order valence-corrected chi connectivity index (χ0v) is 12.1. The van der Waals surface area contributed by atoms with Crippen LogP contribution < -0.4 is 11.3 Å². The van der Waals surface area contributed by atoms with Crippen LogP contribution in [0.2, 0.25) is 0 Å². The lowest BCUT2D eigenvalue weighted by Gasteiger charge is -2.14. The third kappa shape index (κ3) is 2.66. The third-order valence-electron chi connectivity index (χ3n) is 3.03. The van der Waals surface area contributed by atoms with Crippen LogP contribution in [0.25, 0.3) is 0 Å². The molecule has 0 fully saturated rings. The Morgan fingerprint density at radius 1 is 1.61 bits per heavy atom. The molecule has 3 N–H and O–H groups in total. The zero-order valence-electron chi connectivity index (χ0n) is 10.5. The Hall–Kier alpha value is -1.11. The van der Waals surface area contributed by atoms with E-state index in [9.17, 15) is 0 Å². The van der Waals surface area contributed by atoms with Gasteiger partial charge >= 0.3 is 0 Å². The lowest BCUT2D eigenvalue weighted by atomic mass is 10.1. The first kappa shape index (κ1) is 13.3. The Balaban J connectivity index is 2.20. The molecule has 0 radical (unpaired) electrons. The number of nitrogens with two attached hydrogens (primary N) is 1. The smallest absolute Gasteiger partial charge is 0.173 e. The van der Waals surface area contributed by atoms with E-state index in [0.29, 0.717) is 4.67 Å². The van der Waals surface area contributed by atoms with E-state index in [-0.39, 0.29) is 6.04 Å². The van der Waals surface area contributed by atoms with Crippen LogP contribution in [0, 0.1) is 0 Å². The van der Waals surface area contributed by atoms with Crippen molar-refractivity contribution in [1.29, 1.82) is 0 Å². The van der Waals surface area contributed by atoms with Crippen LogP contribution >= 0.6 is 15.9 Å². The topological polar surface area (TPSA) is 69.0 Å². The molecule has 6 heteroatoms. The average molecular weight is 313 g/mol. The summed E-state index contributed by atoms with van der Waals surface area (Å²) in [6.45, 7) is 2.09. The molecule has 2 heterocycles. The summed E-state index contributed by atoms with van der Waals surface area (Å²) in [6.07, 6.45) is 3.34. The molecule has 2 aromatic rings. The van der Waals surface area contributed by atoms with Gasteiger partial charge in [0.2, 0.25) is 0 Å². The van der Waals surface area contributed by atoms with E-state index in [1.165, 1.54) is 0 Å². The SMILES string of the molecule is CCc1cc(CC(NN)c2ccoc2Br)n(C)n1. The molecule has 18 heavy (non-hydrogen) atoms. The highest BCUT2D eigenvalue weighted by molar-refractivity contribution is 9.10. The van der Waals surface area contributed by atoms with Crippen molar-refractivity contribution in [3.8, 4) is 0 Å². The fourth-order valence-corrected chi connectivity index (χ4v) is 2.47. The number of hydrogen-bond acceptors (Lipinski definition) is 4. The number of hydrazine groups is 1. The predicted molar refractivity (Wildman–Crippen MR) is 72.8 cm³/mol. The number of aryl methyl sites for hydroxylation is 2. The summed E-state index contributed by atoms with van der Waals surface area (Å²) in [7, 11) is 1.95. The number of furan rings is 1. The molecule has 1 unspecified atom stereocenters. The Morgan fingerprint density at radius 3 is 2.89 bits per heavy atom. The van der Waals surface area contributed by atoms with Crippen molar-refractivity contribution in [1.82, 2.24) is 15.2 Å². The van der Waals surface area contributed by atoms with E-state index < -0.39 is 0 Å². The summed E-state index contributed by atoms with van der Waals surface area (Å²) < 4.78 is 7.85. The van der Waals surface area contributed by atoms with Crippen molar-refractivity contribution in [2.45, 2.75) is 25.8 Å². The first-order valence-electron chi connectivity index (χ1n) is 5.86. The fourth-order valence-electron chi connectivity index (χ4n) is 1.96. The van der Waals surface area contributed by atoms with Gasteiger partial charge < -0.3 is 4.42 Å². The van der Waals surface area contributed by atoms with Gasteiger partial charge in [-0.25, -0.2) is 0 Å². The van der Waals surface area contributed by atoms with Crippen LogP contribution in [0.4, 0.5) is 0 Å². The molecule has 0 spiro atoms. The molecule has 0 aliphatic carbocycles. The van der Waals surface area contributed by atoms with E-state index in [2.05, 4.69) is 39.4 Å². The third-order valence-corrected chi connectivity index (χ3v) is 3.67. The van der Waals surface area contributed by atoms with Gasteiger partial charge in [0.15, 0.2) is 4.67 Å². The minimum absolute atomic E-state index is 0.00164. The molecule has 98 valence electrons. The summed E-state index contributed by atoms with van der Waals surface area (Å²) in [4.78, 5) is 0. The van der Waals surface area contributed by atoms with Gasteiger partial charge in [0.25, 0.3) is 0 Å². The predicted octanol–water partition coefficient (Wildman–Crippen LogP) is 2.09. The minimum atomic E-state index is -0.00164. The van der Waals surface area contributed by atoms with Crippen LogP contribution in [0.3, 0.4) is 0 Å². The molecule has 0 bridgehead atoms. The van der Waals surface area contributed by atoms with Gasteiger partial charge in [-0.2, -0.15) is 5.10 Å². The molecule has 0 aromatic carbocycles. The maximum atomic E-state index is 5.63. The van der Waals surface area contributed by atoms with Gasteiger partial charge in [-0.3, -0.25) is 16.0 Å². The van der Waals surface area contributed by atoms with Gasteiger partial charge in [-0.05, 0) is 34.5 Å². The van der Waals surface area contributed by atoms with Crippen molar-refractivity contribution in [2.24, 2.45) is 12.9 Å². The van der Waals surface area contributed by atoms with Gasteiger partial charge in [-0.15, -0.1) is 0 Å². The van der Waals surface area contributed by atoms with Crippen LogP contribution in [0.1, 0.15) is 29.9 Å². The monoisotopic (exact) mass is 312 g/mol. The number of nitrogens with zero attached hydrogens (tertiary/aromatic N) is 2. The van der Waals surface area contributed by atoms with Gasteiger partial charge in [-0.1, -0.05) is 6.92 Å². The second-order valence-electron chi connectivity index (χ2n) is 4.18. The van der Waals surface area contributed by atoms with E-state index in [1.807, 2.05) is 17.8 Å². The van der Waals surface area contributed by atoms with Crippen molar-refractivity contribution in [3.63, 3.8) is 0 Å². The first-order chi connectivity index (χ1) is 8.65. The van der Waals surface area contributed by atoms with Crippen LogP contribution in [-0.4, -0.2) is 9.78 Å². The standard InChI is InChI=1S/C12H17BrN4O/c1-3-8-6-9(17(2)16-8)7-11(15-14)10-4-5-18-12(10)13/h4-6,11,15H,3,7,14H2,1-2H3. The van der Waals surface area contributed by atoms with Gasteiger partial charge in [0.1, 0.15) is 0 Å². The Kier molecular flexibility index (Phi) is 4.21. The molecule has 0 amide bonds. The minimum Gasteiger partial charge on any atom is -0.457 e. The summed E-state index contributed by atoms with van der Waals surface area (Å²) in [6, 6.07) is 4.02. The quantitative estimate of drug-likeness (QED) is 0.655. The normalized spacial score (nSPS) is 12.9. The lowest BCUT2D eigenvalue weighted by molar-refractivity contribution is 0.498. The average Bonchev–Trinajstić information content (AvgIpc) is 2.93. The highest BCUT2D eigenvalue weighted by Crippen LogP contribution is 2.26. The largest absolute Gasteiger partial charge is 0.457 e. The summed E-state index contributed by atoms with van der Waals surface area (Å²) in [5.41, 5.74) is 6.06. The number of halogens is 1. The lowest BCUT2D eigenvalue weighted by Crippen LogP contribution is -2.30. The number of rotatable bonds is 5. The van der Waals surface area contributed by atoms with Gasteiger partial charge in [0, 0.05) is 24.7 Å². The van der Waals surface area contributed by atoms with E-state index in [0.717, 1.165) is 29.8 Å². The zero-order chi connectivity index (χ0) is 13.1. The molecular formula is C12H17BrN4O. The van der Waals surface area contributed by atoms with Crippen molar-refractivity contribution < 1.29 is 4.42 Å². The number of hydrogen-bond donors (Lipinski definition) is 2. The van der Waals surface area contributed by atoms with Gasteiger partial charge in [0.05, 0.1) is 18.0 Å². The van der Waals surface area contributed by atoms with Crippen molar-refractivity contribution in [3.05, 3.63) is 40.0 Å². The van der Waals surface area contributed by atoms with Crippen molar-refractivity contribution >= 4 is 15.9 Å². The molecule has 0 saturated heterocycles. The van der Waals surface area contributed by atoms with Crippen molar-refractivity contribution in [2.75, 3.05) is 0 Å². The highest BCUT2D eigenvalue weighted by atomic mass is 79.9. The Labute approximate surface area is 114 Å². The second-order valence-corrected chi connectivity index (χ2v) is 4.90. The summed E-state index contributed by atoms with van der Waals surface area (Å²) >= 11 is 3.37. The second kappa shape index (κ2) is 5.69. The van der Waals surface area contributed by atoms with Crippen LogP contribution in [-0.2, 0) is 19.9 Å². The Bertz CT molecular complexity index is 520. The fraction of sp³-hybridized carbons (Fsp3) is 0.417. The Morgan fingerprint density at radius 2 is 2.39 bits per heavy atom. The molecule has 0 aliphatic heterocycles. The van der Waals surface area contributed by atoms with E-state index in [4.69, 9.17) is 10.3 Å². The molecule has 0 saturated carbocycles. The summed E-state index contributed by atoms with van der Waals surface area (Å²) in [5.74, 6) is 5.63. The number of nitrogens with one attached hydrogen (secondary N) is 1. The molecule has 2 rings (SSSR count). The first-order valence-corrected chi connectivity index (χ1v) is 6.65. The molecular weight excluding hydrogens is 296 g/mol. The molecule has 2 aromatic heterocycles. The maximum absolute atomic E-state index is 5.63. The van der Waals surface area contributed by atoms with Crippen LogP contribution in [0.5, 0.6) is 0 Å². The maximum Gasteiger partial charge on any atom is 0.173 e. The summed E-state index contributed by atoms with van der Waals surface area (Å²) in [5, 5.41) is 4.43. The number of aromatic nitrogens is 2.